The predicted octanol–water partition coefficient (Wildman–Crippen LogP) is 11.6. The molecule has 0 heterocycles. The zero-order valence-electron chi connectivity index (χ0n) is 37.8. The third-order valence-corrected chi connectivity index (χ3v) is 11.2. The van der Waals surface area contributed by atoms with Crippen LogP contribution in [-0.2, 0) is 9.59 Å². The molecule has 326 valence electrons. The van der Waals surface area contributed by atoms with Gasteiger partial charge in [0.05, 0.1) is 27.7 Å². The number of nitrogens with zero attached hydrogens (tertiary/aromatic N) is 3. The number of guanidine groups is 1. The van der Waals surface area contributed by atoms with Gasteiger partial charge in [-0.3, -0.25) is 14.6 Å². The van der Waals surface area contributed by atoms with Crippen molar-refractivity contribution in [3.05, 3.63) is 0 Å². The van der Waals surface area contributed by atoms with Gasteiger partial charge in [0.15, 0.2) is 5.96 Å². The minimum absolute atomic E-state index is 0.0154. The average Bonchev–Trinajstić information content (AvgIpc) is 3.14. The van der Waals surface area contributed by atoms with Crippen molar-refractivity contribution < 1.29 is 14.1 Å². The Morgan fingerprint density at radius 1 is 0.527 bits per heavy atom. The molecule has 5 N–H and O–H groups in total. The summed E-state index contributed by atoms with van der Waals surface area (Å²) in [5, 5.41) is 3.15. The van der Waals surface area contributed by atoms with Crippen LogP contribution in [0.2, 0.25) is 0 Å². The summed E-state index contributed by atoms with van der Waals surface area (Å²) in [6, 6.07) is -0.522. The molecule has 0 aromatic heterocycles. The number of rotatable bonds is 42. The molecule has 0 saturated carbocycles. The molecule has 55 heavy (non-hydrogen) atoms. The van der Waals surface area contributed by atoms with Crippen LogP contribution >= 0.6 is 0 Å². The van der Waals surface area contributed by atoms with Gasteiger partial charge >= 0.3 is 0 Å². The fourth-order valence-corrected chi connectivity index (χ4v) is 7.62. The Balaban J connectivity index is 4.92. The molecule has 0 aliphatic rings. The third kappa shape index (κ3) is 38.8. The molecular weight excluding hydrogens is 681 g/mol. The summed E-state index contributed by atoms with van der Waals surface area (Å²) >= 11 is 0. The fraction of sp³-hybridized carbons (Fsp3) is 0.936. The van der Waals surface area contributed by atoms with Crippen molar-refractivity contribution in [2.45, 2.75) is 238 Å². The molecule has 0 saturated heterocycles. The summed E-state index contributed by atoms with van der Waals surface area (Å²) in [5.74, 6) is 0.129. The predicted molar refractivity (Wildman–Crippen MR) is 240 cm³/mol. The molecule has 0 aromatic rings. The molecule has 8 nitrogen and oxygen atoms in total. The smallest absolute Gasteiger partial charge is 0.245 e. The highest BCUT2D eigenvalue weighted by Crippen LogP contribution is 2.16. The maximum atomic E-state index is 14.1. The van der Waals surface area contributed by atoms with Gasteiger partial charge < -0.3 is 26.2 Å². The second kappa shape index (κ2) is 39.0. The molecule has 2 amide bonds. The van der Waals surface area contributed by atoms with Gasteiger partial charge in [0.1, 0.15) is 6.04 Å². The van der Waals surface area contributed by atoms with Crippen LogP contribution in [0.25, 0.3) is 0 Å². The van der Waals surface area contributed by atoms with Crippen molar-refractivity contribution in [3.8, 4) is 0 Å². The Labute approximate surface area is 343 Å². The molecule has 0 aliphatic carbocycles. The average molecular weight is 778 g/mol. The van der Waals surface area contributed by atoms with E-state index in [1.165, 1.54) is 154 Å². The Hall–Kier alpha value is -1.83. The van der Waals surface area contributed by atoms with Crippen molar-refractivity contribution in [2.24, 2.45) is 16.5 Å². The minimum atomic E-state index is -0.522. The van der Waals surface area contributed by atoms with Crippen molar-refractivity contribution in [1.82, 2.24) is 10.2 Å². The summed E-state index contributed by atoms with van der Waals surface area (Å²) < 4.78 is 0.938. The van der Waals surface area contributed by atoms with Gasteiger partial charge in [0.25, 0.3) is 0 Å². The number of nitrogens with two attached hydrogens (primary N) is 2. The normalized spacial score (nSPS) is 12.2. The van der Waals surface area contributed by atoms with Crippen LogP contribution in [0.1, 0.15) is 232 Å². The van der Waals surface area contributed by atoms with E-state index >= 15 is 0 Å². The molecule has 0 radical (unpaired) electrons. The number of unbranched alkanes of at least 4 members (excludes halogenated alkanes) is 28. The van der Waals surface area contributed by atoms with Crippen LogP contribution in [-0.4, -0.2) is 80.5 Å². The molecule has 1 atom stereocenters. The standard InChI is InChI=1S/C47H96N6O2/c1-6-8-10-12-14-16-18-20-22-24-26-28-30-34-41-52(42-35-31-29-27-25-23-21-19-17-15-13-11-9-7-2)46(55)44(38-37-40-50-47(48)49)51-45(54)39-33-32-36-43-53(3,4)5/h44H,6-43H2,1-5H3,(H4-,48,49,50,51,54)/p+1/t44-/m0/s1. The summed E-state index contributed by atoms with van der Waals surface area (Å²) in [6.45, 7) is 7.69. The molecule has 0 unspecified atom stereocenters. The van der Waals surface area contributed by atoms with E-state index in [9.17, 15) is 9.59 Å². The van der Waals surface area contributed by atoms with Crippen LogP contribution in [0, 0.1) is 0 Å². The maximum absolute atomic E-state index is 14.1. The highest BCUT2D eigenvalue weighted by atomic mass is 16.2. The summed E-state index contributed by atoms with van der Waals surface area (Å²) in [7, 11) is 6.61. The van der Waals surface area contributed by atoms with Crippen LogP contribution in [0.3, 0.4) is 0 Å². The Bertz CT molecular complexity index is 853. The van der Waals surface area contributed by atoms with Gasteiger partial charge in [0.2, 0.25) is 11.8 Å². The number of hydrogen-bond acceptors (Lipinski definition) is 3. The van der Waals surface area contributed by atoms with Crippen molar-refractivity contribution in [2.75, 3.05) is 47.3 Å². The first-order chi connectivity index (χ1) is 26.6. The molecule has 0 aromatic carbocycles. The maximum Gasteiger partial charge on any atom is 0.245 e. The SMILES string of the molecule is CCCCCCCCCCCCCCCCN(CCCCCCCCCCCCCCCC)C(=O)[C@H](CCCN=C(N)N)NC(=O)CCCCC[N+](C)(C)C. The quantitative estimate of drug-likeness (QED) is 0.0248. The number of nitrogens with one attached hydrogen (secondary N) is 1. The first-order valence-corrected chi connectivity index (χ1v) is 24.0. The van der Waals surface area contributed by atoms with Crippen LogP contribution < -0.4 is 16.8 Å². The zero-order chi connectivity index (χ0) is 40.7. The van der Waals surface area contributed by atoms with E-state index in [1.807, 2.05) is 0 Å². The Kier molecular flexibility index (Phi) is 37.7. The molecular formula is C47H97N6O2+. The number of carbonyl (C=O) groups excluding carboxylic acids is 2. The topological polar surface area (TPSA) is 114 Å². The third-order valence-electron chi connectivity index (χ3n) is 11.2. The monoisotopic (exact) mass is 778 g/mol. The van der Waals surface area contributed by atoms with E-state index in [1.54, 1.807) is 0 Å². The molecule has 8 heteroatoms. The molecule has 0 aliphatic heterocycles. The van der Waals surface area contributed by atoms with Crippen molar-refractivity contribution in [1.29, 1.82) is 0 Å². The Morgan fingerprint density at radius 3 is 1.25 bits per heavy atom. The van der Waals surface area contributed by atoms with Crippen LogP contribution in [0.5, 0.6) is 0 Å². The van der Waals surface area contributed by atoms with Crippen LogP contribution in [0.15, 0.2) is 4.99 Å². The van der Waals surface area contributed by atoms with E-state index in [0.717, 1.165) is 69.1 Å². The first kappa shape index (κ1) is 53.2. The largest absolute Gasteiger partial charge is 0.370 e. The number of aliphatic imine (C=N–C) groups is 1. The van der Waals surface area contributed by atoms with Crippen molar-refractivity contribution >= 4 is 17.8 Å². The van der Waals surface area contributed by atoms with Gasteiger partial charge in [-0.2, -0.15) is 0 Å². The van der Waals surface area contributed by atoms with Gasteiger partial charge in [-0.05, 0) is 44.9 Å². The van der Waals surface area contributed by atoms with Gasteiger partial charge in [-0.25, -0.2) is 0 Å². The number of carbonyl (C=O) groups is 2. The first-order valence-electron chi connectivity index (χ1n) is 24.0. The Morgan fingerprint density at radius 2 is 0.891 bits per heavy atom. The second-order valence-corrected chi connectivity index (χ2v) is 17.9. The lowest BCUT2D eigenvalue weighted by molar-refractivity contribution is -0.870. The number of quaternary nitrogens is 1. The zero-order valence-corrected chi connectivity index (χ0v) is 37.8. The molecule has 0 bridgehead atoms. The second-order valence-electron chi connectivity index (χ2n) is 17.9. The number of hydrogen-bond donors (Lipinski definition) is 3. The van der Waals surface area contributed by atoms with E-state index in [-0.39, 0.29) is 17.8 Å². The van der Waals surface area contributed by atoms with E-state index in [2.05, 4.69) is 50.2 Å². The highest BCUT2D eigenvalue weighted by Gasteiger charge is 2.25. The van der Waals surface area contributed by atoms with E-state index in [0.29, 0.717) is 25.8 Å². The summed E-state index contributed by atoms with van der Waals surface area (Å²) in [6.07, 6.45) is 41.7. The fourth-order valence-electron chi connectivity index (χ4n) is 7.62. The highest BCUT2D eigenvalue weighted by molar-refractivity contribution is 5.87. The lowest BCUT2D eigenvalue weighted by Gasteiger charge is -2.28. The van der Waals surface area contributed by atoms with Gasteiger partial charge in [-0.1, -0.05) is 181 Å². The van der Waals surface area contributed by atoms with E-state index in [4.69, 9.17) is 11.5 Å². The van der Waals surface area contributed by atoms with E-state index < -0.39 is 6.04 Å². The summed E-state index contributed by atoms with van der Waals surface area (Å²) in [4.78, 5) is 33.5. The minimum Gasteiger partial charge on any atom is -0.370 e. The molecule has 0 spiro atoms. The lowest BCUT2D eigenvalue weighted by atomic mass is 10.0. The van der Waals surface area contributed by atoms with Gasteiger partial charge in [-0.15, -0.1) is 0 Å². The van der Waals surface area contributed by atoms with Gasteiger partial charge in [0, 0.05) is 26.1 Å². The molecule has 0 fully saturated rings. The number of amides is 2. The van der Waals surface area contributed by atoms with Crippen LogP contribution in [0.4, 0.5) is 0 Å². The summed E-state index contributed by atoms with van der Waals surface area (Å²) in [5.41, 5.74) is 11.1. The molecule has 0 rings (SSSR count). The van der Waals surface area contributed by atoms with Crippen molar-refractivity contribution in [3.63, 3.8) is 0 Å². The lowest BCUT2D eigenvalue weighted by Crippen LogP contribution is -2.49.